The van der Waals surface area contributed by atoms with E-state index >= 15 is 0 Å². The van der Waals surface area contributed by atoms with Gasteiger partial charge < -0.3 is 10.1 Å². The lowest BCUT2D eigenvalue weighted by Gasteiger charge is -2.17. The molecule has 28 heavy (non-hydrogen) atoms. The Kier molecular flexibility index (Phi) is 5.87. The lowest BCUT2D eigenvalue weighted by atomic mass is 10.1. The second-order valence-electron chi connectivity index (χ2n) is 5.68. The number of amides is 1. The van der Waals surface area contributed by atoms with E-state index < -0.39 is 41.2 Å². The van der Waals surface area contributed by atoms with Crippen molar-refractivity contribution in [3.63, 3.8) is 0 Å². The summed E-state index contributed by atoms with van der Waals surface area (Å²) in [6.07, 6.45) is -11.3. The van der Waals surface area contributed by atoms with Crippen LogP contribution in [0.5, 0.6) is 5.75 Å². The topological polar surface area (TPSA) is 62.1 Å². The molecule has 0 aliphatic rings. The Morgan fingerprint density at radius 1 is 1.00 bits per heavy atom. The van der Waals surface area contributed by atoms with Gasteiger partial charge in [-0.25, -0.2) is 0 Å². The number of benzene rings is 2. The summed E-state index contributed by atoms with van der Waals surface area (Å²) in [5.41, 5.74) is -3.41. The van der Waals surface area contributed by atoms with Gasteiger partial charge in [0.15, 0.2) is 6.10 Å². The van der Waals surface area contributed by atoms with Gasteiger partial charge in [0.1, 0.15) is 5.75 Å². The third-order valence-corrected chi connectivity index (χ3v) is 3.52. The summed E-state index contributed by atoms with van der Waals surface area (Å²) in [4.78, 5) is 12.1. The van der Waals surface area contributed by atoms with Crippen LogP contribution in [0.15, 0.2) is 42.5 Å². The van der Waals surface area contributed by atoms with Crippen molar-refractivity contribution in [2.75, 3.05) is 5.32 Å². The minimum absolute atomic E-state index is 0.0354. The molecule has 2 rings (SSSR count). The van der Waals surface area contributed by atoms with Crippen molar-refractivity contribution in [3.05, 3.63) is 59.2 Å². The van der Waals surface area contributed by atoms with Crippen LogP contribution < -0.4 is 10.1 Å². The fourth-order valence-corrected chi connectivity index (χ4v) is 2.14. The molecule has 1 N–H and O–H groups in total. The van der Waals surface area contributed by atoms with Crippen molar-refractivity contribution in [2.24, 2.45) is 0 Å². The minimum atomic E-state index is -5.02. The van der Waals surface area contributed by atoms with E-state index in [4.69, 9.17) is 10.00 Å². The maximum absolute atomic E-state index is 12.9. The van der Waals surface area contributed by atoms with Crippen LogP contribution >= 0.6 is 0 Å². The zero-order valence-corrected chi connectivity index (χ0v) is 14.2. The molecule has 4 nitrogen and oxygen atoms in total. The molecule has 10 heteroatoms. The molecule has 0 saturated carbocycles. The fraction of sp³-hybridized carbons (Fsp3) is 0.222. The quantitative estimate of drug-likeness (QED) is 0.732. The molecule has 2 aromatic carbocycles. The molecule has 0 saturated heterocycles. The molecule has 0 fully saturated rings. The number of nitrogens with one attached hydrogen (secondary N) is 1. The largest absolute Gasteiger partial charge is 0.481 e. The zero-order valence-electron chi connectivity index (χ0n) is 14.2. The van der Waals surface area contributed by atoms with Crippen LogP contribution in [0.1, 0.15) is 23.6 Å². The Bertz CT molecular complexity index is 866. The Balaban J connectivity index is 2.20. The third-order valence-electron chi connectivity index (χ3n) is 3.52. The Morgan fingerprint density at radius 2 is 1.50 bits per heavy atom. The molecule has 0 radical (unpaired) electrons. The Hall–Kier alpha value is -3.22. The first-order valence-electron chi connectivity index (χ1n) is 7.67. The highest BCUT2D eigenvalue weighted by Crippen LogP contribution is 2.37. The zero-order chi connectivity index (χ0) is 21.1. The minimum Gasteiger partial charge on any atom is -0.481 e. The summed E-state index contributed by atoms with van der Waals surface area (Å²) in [6, 6.07) is 8.28. The average molecular weight is 402 g/mol. The Labute approximate surface area is 155 Å². The first kappa shape index (κ1) is 21.1. The maximum atomic E-state index is 12.9. The molecule has 0 heterocycles. The van der Waals surface area contributed by atoms with Gasteiger partial charge in [-0.2, -0.15) is 31.6 Å². The molecular formula is C18H12F6N2O2. The van der Waals surface area contributed by atoms with E-state index in [1.807, 2.05) is 11.4 Å². The van der Waals surface area contributed by atoms with E-state index in [0.29, 0.717) is 17.7 Å². The van der Waals surface area contributed by atoms with Crippen molar-refractivity contribution in [1.29, 1.82) is 5.26 Å². The SMILES string of the molecule is CC(Oc1ccc(C#N)cc1)C(=O)Nc1cc(C(F)(F)F)cc(C(F)(F)F)c1. The van der Waals surface area contributed by atoms with Crippen LogP contribution in [-0.4, -0.2) is 12.0 Å². The van der Waals surface area contributed by atoms with Gasteiger partial charge in [0.05, 0.1) is 22.8 Å². The molecular weight excluding hydrogens is 390 g/mol. The molecule has 0 aromatic heterocycles. The van der Waals surface area contributed by atoms with Gasteiger partial charge in [0, 0.05) is 5.69 Å². The van der Waals surface area contributed by atoms with Crippen molar-refractivity contribution >= 4 is 11.6 Å². The summed E-state index contributed by atoms with van der Waals surface area (Å²) in [7, 11) is 0. The number of nitriles is 1. The summed E-state index contributed by atoms with van der Waals surface area (Å²) < 4.78 is 82.4. The van der Waals surface area contributed by atoms with Crippen LogP contribution in [0, 0.1) is 11.3 Å². The molecule has 1 amide bonds. The smallest absolute Gasteiger partial charge is 0.416 e. The summed E-state index contributed by atoms with van der Waals surface area (Å²) in [5, 5.41) is 10.7. The van der Waals surface area contributed by atoms with E-state index in [9.17, 15) is 31.1 Å². The first-order valence-corrected chi connectivity index (χ1v) is 7.67. The highest BCUT2D eigenvalue weighted by Gasteiger charge is 2.37. The van der Waals surface area contributed by atoms with E-state index in [0.717, 1.165) is 0 Å². The van der Waals surface area contributed by atoms with E-state index in [1.54, 1.807) is 0 Å². The summed E-state index contributed by atoms with van der Waals surface area (Å²) >= 11 is 0. The van der Waals surface area contributed by atoms with E-state index in [1.165, 1.54) is 31.2 Å². The molecule has 1 atom stereocenters. The third kappa shape index (κ3) is 5.39. The predicted octanol–water partition coefficient (Wildman–Crippen LogP) is 5.00. The van der Waals surface area contributed by atoms with Gasteiger partial charge in [-0.3, -0.25) is 4.79 Å². The normalized spacial score (nSPS) is 12.8. The van der Waals surface area contributed by atoms with Crippen LogP contribution in [0.3, 0.4) is 0 Å². The summed E-state index contributed by atoms with van der Waals surface area (Å²) in [5.74, 6) is -0.751. The lowest BCUT2D eigenvalue weighted by Crippen LogP contribution is -2.30. The number of carbonyl (C=O) groups is 1. The van der Waals surface area contributed by atoms with Crippen LogP contribution in [0.25, 0.3) is 0 Å². The molecule has 0 aliphatic heterocycles. The molecule has 148 valence electrons. The molecule has 0 bridgehead atoms. The number of hydrogen-bond donors (Lipinski definition) is 1. The second kappa shape index (κ2) is 7.80. The first-order chi connectivity index (χ1) is 12.9. The van der Waals surface area contributed by atoms with Crippen LogP contribution in [-0.2, 0) is 17.1 Å². The monoisotopic (exact) mass is 402 g/mol. The highest BCUT2D eigenvalue weighted by atomic mass is 19.4. The number of nitrogens with zero attached hydrogens (tertiary/aromatic N) is 1. The van der Waals surface area contributed by atoms with Crippen LogP contribution in [0.4, 0.5) is 32.0 Å². The van der Waals surface area contributed by atoms with Gasteiger partial charge in [-0.15, -0.1) is 0 Å². The molecule has 0 spiro atoms. The highest BCUT2D eigenvalue weighted by molar-refractivity contribution is 5.94. The average Bonchev–Trinajstić information content (AvgIpc) is 2.60. The van der Waals surface area contributed by atoms with Crippen molar-refractivity contribution in [2.45, 2.75) is 25.4 Å². The number of anilines is 1. The number of hydrogen-bond acceptors (Lipinski definition) is 3. The van der Waals surface area contributed by atoms with Gasteiger partial charge in [-0.05, 0) is 49.4 Å². The maximum Gasteiger partial charge on any atom is 0.416 e. The van der Waals surface area contributed by atoms with Crippen LogP contribution in [0.2, 0.25) is 0 Å². The number of alkyl halides is 6. The number of rotatable bonds is 4. The van der Waals surface area contributed by atoms with Gasteiger partial charge in [0.2, 0.25) is 0 Å². The van der Waals surface area contributed by atoms with Crippen molar-refractivity contribution in [3.8, 4) is 11.8 Å². The van der Waals surface area contributed by atoms with Gasteiger partial charge in [0.25, 0.3) is 5.91 Å². The van der Waals surface area contributed by atoms with Crippen molar-refractivity contribution in [1.82, 2.24) is 0 Å². The predicted molar refractivity (Wildman–Crippen MR) is 86.3 cm³/mol. The van der Waals surface area contributed by atoms with Gasteiger partial charge >= 0.3 is 12.4 Å². The molecule has 1 unspecified atom stereocenters. The molecule has 2 aromatic rings. The second-order valence-corrected chi connectivity index (χ2v) is 5.68. The molecule has 0 aliphatic carbocycles. The summed E-state index contributed by atoms with van der Waals surface area (Å²) in [6.45, 7) is 1.27. The fourth-order valence-electron chi connectivity index (χ4n) is 2.14. The lowest BCUT2D eigenvalue weighted by molar-refractivity contribution is -0.143. The number of carbonyl (C=O) groups excluding carboxylic acids is 1. The van der Waals surface area contributed by atoms with E-state index in [2.05, 4.69) is 0 Å². The van der Waals surface area contributed by atoms with Crippen molar-refractivity contribution < 1.29 is 35.9 Å². The van der Waals surface area contributed by atoms with Gasteiger partial charge in [-0.1, -0.05) is 0 Å². The number of ether oxygens (including phenoxy) is 1. The Morgan fingerprint density at radius 3 is 1.93 bits per heavy atom. The standard InChI is InChI=1S/C18H12F6N2O2/c1-10(28-15-4-2-11(9-25)3-5-15)16(27)26-14-7-12(17(19,20)21)6-13(8-14)18(22,23)24/h2-8,10H,1H3,(H,26,27). The number of halogens is 6. The van der Waals surface area contributed by atoms with E-state index in [-0.39, 0.29) is 11.8 Å².